The van der Waals surface area contributed by atoms with Crippen molar-refractivity contribution in [3.05, 3.63) is 90.0 Å². The average molecular weight is 364 g/mol. The molecule has 0 heterocycles. The zero-order chi connectivity index (χ0) is 19.2. The van der Waals surface area contributed by atoms with Gasteiger partial charge in [-0.1, -0.05) is 68.5 Å². The zero-order valence-electron chi connectivity index (χ0n) is 15.3. The summed E-state index contributed by atoms with van der Waals surface area (Å²) in [5.41, 5.74) is 1.59. The van der Waals surface area contributed by atoms with Crippen LogP contribution in [-0.4, -0.2) is 6.61 Å². The van der Waals surface area contributed by atoms with Crippen LogP contribution in [0.15, 0.2) is 73.3 Å². The van der Waals surface area contributed by atoms with Crippen LogP contribution in [0.1, 0.15) is 30.0 Å². The molecule has 138 valence electrons. The predicted octanol–water partition coefficient (Wildman–Crippen LogP) is 7.12. The summed E-state index contributed by atoms with van der Waals surface area (Å²) < 4.78 is 34.8. The average Bonchev–Trinajstić information content (AvgIpc) is 2.71. The third-order valence-corrected chi connectivity index (χ3v) is 4.37. The molecule has 0 amide bonds. The van der Waals surface area contributed by atoms with Gasteiger partial charge < -0.3 is 4.74 Å². The molecule has 0 atom stereocenters. The van der Waals surface area contributed by atoms with Crippen LogP contribution in [0.4, 0.5) is 8.78 Å². The van der Waals surface area contributed by atoms with Gasteiger partial charge in [0.05, 0.1) is 0 Å². The molecule has 0 aromatic heterocycles. The van der Waals surface area contributed by atoms with Gasteiger partial charge in [-0.15, -0.1) is 0 Å². The minimum absolute atomic E-state index is 0.220. The second kappa shape index (κ2) is 8.63. The topological polar surface area (TPSA) is 9.23 Å². The smallest absolute Gasteiger partial charge is 0.166 e. The second-order valence-corrected chi connectivity index (χ2v) is 6.40. The Bertz CT molecular complexity index is 971. The summed E-state index contributed by atoms with van der Waals surface area (Å²) >= 11 is 0. The molecule has 0 radical (unpaired) electrons. The standard InChI is InChI=1S/C24H22F2O/c1-3-5-17-6-8-18(9-7-17)23(25)24(26)21-11-10-20-16-22(27-14-4-2)13-12-19(20)15-21/h4,6-13,15-16H,2-3,5,14H2,1H3. The molecule has 0 fully saturated rings. The largest absolute Gasteiger partial charge is 0.490 e. The van der Waals surface area contributed by atoms with Gasteiger partial charge in [-0.2, -0.15) is 0 Å². The molecule has 0 saturated heterocycles. The van der Waals surface area contributed by atoms with Crippen molar-refractivity contribution in [2.75, 3.05) is 6.61 Å². The van der Waals surface area contributed by atoms with Gasteiger partial charge in [0.25, 0.3) is 0 Å². The third kappa shape index (κ3) is 4.43. The molecular weight excluding hydrogens is 342 g/mol. The molecule has 0 aliphatic heterocycles. The van der Waals surface area contributed by atoms with Crippen LogP contribution in [0.25, 0.3) is 22.4 Å². The Balaban J connectivity index is 1.90. The molecule has 0 aliphatic carbocycles. The Morgan fingerprint density at radius 1 is 0.889 bits per heavy atom. The lowest BCUT2D eigenvalue weighted by Crippen LogP contribution is -1.92. The number of fused-ring (bicyclic) bond motifs is 1. The summed E-state index contributed by atoms with van der Waals surface area (Å²) in [4.78, 5) is 0. The summed E-state index contributed by atoms with van der Waals surface area (Å²) in [6.45, 7) is 6.12. The first-order valence-corrected chi connectivity index (χ1v) is 9.05. The number of hydrogen-bond acceptors (Lipinski definition) is 1. The first kappa shape index (κ1) is 18.8. The van der Waals surface area contributed by atoms with Crippen molar-refractivity contribution >= 4 is 22.4 Å². The van der Waals surface area contributed by atoms with Crippen molar-refractivity contribution in [2.45, 2.75) is 19.8 Å². The summed E-state index contributed by atoms with van der Waals surface area (Å²) in [7, 11) is 0. The molecule has 0 bridgehead atoms. The highest BCUT2D eigenvalue weighted by Crippen LogP contribution is 2.31. The molecule has 3 heteroatoms. The van der Waals surface area contributed by atoms with E-state index in [9.17, 15) is 8.78 Å². The summed E-state index contributed by atoms with van der Waals surface area (Å²) in [6, 6.07) is 17.5. The molecule has 0 N–H and O–H groups in total. The summed E-state index contributed by atoms with van der Waals surface area (Å²) in [5, 5.41) is 1.72. The Hall–Kier alpha value is -2.94. The van der Waals surface area contributed by atoms with Gasteiger partial charge in [0, 0.05) is 11.1 Å². The van der Waals surface area contributed by atoms with E-state index < -0.39 is 11.7 Å². The van der Waals surface area contributed by atoms with E-state index in [0.717, 1.165) is 29.2 Å². The van der Waals surface area contributed by atoms with E-state index in [2.05, 4.69) is 13.5 Å². The number of halogens is 2. The maximum atomic E-state index is 14.7. The second-order valence-electron chi connectivity index (χ2n) is 6.40. The monoisotopic (exact) mass is 364 g/mol. The molecule has 0 saturated carbocycles. The van der Waals surface area contributed by atoms with E-state index in [1.807, 2.05) is 24.3 Å². The summed E-state index contributed by atoms with van der Waals surface area (Å²) in [5.74, 6) is -0.986. The Kier molecular flexibility index (Phi) is 6.02. The van der Waals surface area contributed by atoms with E-state index in [4.69, 9.17) is 4.74 Å². The van der Waals surface area contributed by atoms with E-state index >= 15 is 0 Å². The lowest BCUT2D eigenvalue weighted by molar-refractivity contribution is 0.364. The van der Waals surface area contributed by atoms with Gasteiger partial charge in [-0.25, -0.2) is 8.78 Å². The fraction of sp³-hybridized carbons (Fsp3) is 0.167. The molecule has 1 nitrogen and oxygen atoms in total. The minimum Gasteiger partial charge on any atom is -0.490 e. The van der Waals surface area contributed by atoms with E-state index in [1.54, 1.807) is 42.5 Å². The maximum Gasteiger partial charge on any atom is 0.166 e. The lowest BCUT2D eigenvalue weighted by Gasteiger charge is -2.07. The van der Waals surface area contributed by atoms with Crippen LogP contribution >= 0.6 is 0 Å². The van der Waals surface area contributed by atoms with E-state index in [-0.39, 0.29) is 11.1 Å². The van der Waals surface area contributed by atoms with Crippen LogP contribution < -0.4 is 4.74 Å². The van der Waals surface area contributed by atoms with Crippen LogP contribution in [-0.2, 0) is 6.42 Å². The predicted molar refractivity (Wildman–Crippen MR) is 109 cm³/mol. The molecule has 3 aromatic rings. The lowest BCUT2D eigenvalue weighted by atomic mass is 10.0. The third-order valence-electron chi connectivity index (χ3n) is 4.37. The molecule has 0 aliphatic rings. The molecule has 0 spiro atoms. The van der Waals surface area contributed by atoms with E-state index in [0.29, 0.717) is 12.4 Å². The number of benzene rings is 3. The SMILES string of the molecule is C=CCOc1ccc2cc(C(F)=C(F)c3ccc(CCC)cc3)ccc2c1. The van der Waals surface area contributed by atoms with Gasteiger partial charge in [0.1, 0.15) is 12.4 Å². The van der Waals surface area contributed by atoms with Crippen LogP contribution in [0, 0.1) is 0 Å². The highest BCUT2D eigenvalue weighted by Gasteiger charge is 2.12. The van der Waals surface area contributed by atoms with Crippen molar-refractivity contribution < 1.29 is 13.5 Å². The minimum atomic E-state index is -0.855. The molecule has 3 rings (SSSR count). The first-order valence-electron chi connectivity index (χ1n) is 9.05. The highest BCUT2D eigenvalue weighted by atomic mass is 19.2. The van der Waals surface area contributed by atoms with Crippen molar-refractivity contribution in [3.8, 4) is 5.75 Å². The van der Waals surface area contributed by atoms with Gasteiger partial charge in [0.15, 0.2) is 11.7 Å². The highest BCUT2D eigenvalue weighted by molar-refractivity contribution is 5.90. The molecule has 27 heavy (non-hydrogen) atoms. The molecular formula is C24H22F2O. The number of aryl methyl sites for hydroxylation is 1. The normalized spacial score (nSPS) is 12.0. The number of ether oxygens (including phenoxy) is 1. The van der Waals surface area contributed by atoms with Gasteiger partial charge in [-0.05, 0) is 41.0 Å². The number of hydrogen-bond donors (Lipinski definition) is 0. The van der Waals surface area contributed by atoms with Crippen LogP contribution in [0.3, 0.4) is 0 Å². The van der Waals surface area contributed by atoms with E-state index in [1.165, 1.54) is 0 Å². The fourth-order valence-electron chi connectivity index (χ4n) is 2.97. The Morgan fingerprint density at radius 3 is 2.22 bits per heavy atom. The zero-order valence-corrected chi connectivity index (χ0v) is 15.3. The van der Waals surface area contributed by atoms with Crippen LogP contribution in [0.5, 0.6) is 5.75 Å². The van der Waals surface area contributed by atoms with Crippen molar-refractivity contribution in [2.24, 2.45) is 0 Å². The van der Waals surface area contributed by atoms with Crippen molar-refractivity contribution in [1.29, 1.82) is 0 Å². The number of rotatable bonds is 7. The van der Waals surface area contributed by atoms with Crippen molar-refractivity contribution in [1.82, 2.24) is 0 Å². The van der Waals surface area contributed by atoms with Gasteiger partial charge >= 0.3 is 0 Å². The Morgan fingerprint density at radius 2 is 1.52 bits per heavy atom. The maximum absolute atomic E-state index is 14.7. The molecule has 3 aromatic carbocycles. The quantitative estimate of drug-likeness (QED) is 0.320. The summed E-state index contributed by atoms with van der Waals surface area (Å²) in [6.07, 6.45) is 3.62. The van der Waals surface area contributed by atoms with Crippen molar-refractivity contribution in [3.63, 3.8) is 0 Å². The fourth-order valence-corrected chi connectivity index (χ4v) is 2.97. The van der Waals surface area contributed by atoms with Gasteiger partial charge in [-0.3, -0.25) is 0 Å². The van der Waals surface area contributed by atoms with Crippen LogP contribution in [0.2, 0.25) is 0 Å². The Labute approximate surface area is 158 Å². The van der Waals surface area contributed by atoms with Gasteiger partial charge in [0.2, 0.25) is 0 Å². The first-order chi connectivity index (χ1) is 13.1. The molecule has 0 unspecified atom stereocenters.